The maximum atomic E-state index is 11.6. The quantitative estimate of drug-likeness (QED) is 0.476. The van der Waals surface area contributed by atoms with Crippen molar-refractivity contribution in [3.05, 3.63) is 0 Å². The van der Waals surface area contributed by atoms with Gasteiger partial charge in [-0.15, -0.1) is 0 Å². The first-order valence-electron chi connectivity index (χ1n) is 3.60. The average Bonchev–Trinajstić information content (AvgIpc) is 2.35. The van der Waals surface area contributed by atoms with Crippen LogP contribution in [0.25, 0.3) is 0 Å². The zero-order chi connectivity index (χ0) is 8.27. The van der Waals surface area contributed by atoms with Gasteiger partial charge in [-0.25, -0.2) is 0 Å². The lowest BCUT2D eigenvalue weighted by Gasteiger charge is -2.11. The highest BCUT2D eigenvalue weighted by molar-refractivity contribution is 7.75. The van der Waals surface area contributed by atoms with E-state index in [4.69, 9.17) is 0 Å². The van der Waals surface area contributed by atoms with Crippen molar-refractivity contribution in [3.63, 3.8) is 0 Å². The van der Waals surface area contributed by atoms with Crippen molar-refractivity contribution in [3.8, 4) is 0 Å². The smallest absolute Gasteiger partial charge is 0.311 e. The molecule has 11 heavy (non-hydrogen) atoms. The largest absolute Gasteiger partial charge is 0.444 e. The van der Waals surface area contributed by atoms with E-state index < -0.39 is 17.1 Å². The topological polar surface area (TPSA) is 29.4 Å². The Labute approximate surface area is 66.2 Å². The second kappa shape index (κ2) is 3.99. The van der Waals surface area contributed by atoms with E-state index in [1.807, 2.05) is 0 Å². The van der Waals surface area contributed by atoms with E-state index in [9.17, 15) is 13.0 Å². The second-order valence-electron chi connectivity index (χ2n) is 2.57. The van der Waals surface area contributed by atoms with Gasteiger partial charge in [0.15, 0.2) is 0 Å². The fourth-order valence-corrected chi connectivity index (χ4v) is 2.32. The molecule has 5 heteroatoms. The number of hydrogen-bond donors (Lipinski definition) is 0. The van der Waals surface area contributed by atoms with Crippen LogP contribution in [-0.2, 0) is 14.8 Å². The standard InChI is InChI=1S/C6H10F2NOS/c7-6(8)9-11(10)5-3-1-2-4-5/h5-6H,1-4H2/q-1. The van der Waals surface area contributed by atoms with Crippen LogP contribution in [-0.4, -0.2) is 11.8 Å². The van der Waals surface area contributed by atoms with Gasteiger partial charge >= 0.3 is 6.55 Å². The molecule has 1 aliphatic rings. The van der Waals surface area contributed by atoms with Gasteiger partial charge in [0.2, 0.25) is 0 Å². The van der Waals surface area contributed by atoms with E-state index in [1.54, 1.807) is 0 Å². The van der Waals surface area contributed by atoms with Crippen LogP contribution in [0.15, 0.2) is 4.36 Å². The molecule has 0 bridgehead atoms. The van der Waals surface area contributed by atoms with Crippen LogP contribution in [0.2, 0.25) is 0 Å². The summed E-state index contributed by atoms with van der Waals surface area (Å²) in [5.41, 5.74) is 0. The Morgan fingerprint density at radius 1 is 1.36 bits per heavy atom. The summed E-state index contributed by atoms with van der Waals surface area (Å²) in [6, 6.07) is 0. The molecule has 1 fully saturated rings. The maximum Gasteiger partial charge on any atom is 0.311 e. The Kier molecular flexibility index (Phi) is 3.23. The minimum absolute atomic E-state index is 0.107. The zero-order valence-electron chi connectivity index (χ0n) is 6.00. The first-order valence-corrected chi connectivity index (χ1v) is 4.77. The monoisotopic (exact) mass is 182 g/mol. The van der Waals surface area contributed by atoms with Gasteiger partial charge in [0, 0.05) is 0 Å². The first-order chi connectivity index (χ1) is 5.20. The average molecular weight is 182 g/mol. The molecule has 0 aliphatic heterocycles. The van der Waals surface area contributed by atoms with Gasteiger partial charge in [-0.05, 0) is 0 Å². The number of alkyl halides is 2. The van der Waals surface area contributed by atoms with Crippen LogP contribution >= 0.6 is 0 Å². The maximum absolute atomic E-state index is 11.6. The van der Waals surface area contributed by atoms with Crippen molar-refractivity contribution in [2.75, 3.05) is 0 Å². The summed E-state index contributed by atoms with van der Waals surface area (Å²) in [6.45, 7) is -2.78. The molecule has 0 N–H and O–H groups in total. The number of hydrogen-bond acceptors (Lipinski definition) is 3. The van der Waals surface area contributed by atoms with Crippen molar-refractivity contribution < 1.29 is 13.0 Å². The lowest BCUT2D eigenvalue weighted by atomic mass is 10.4. The third-order valence-electron chi connectivity index (χ3n) is 1.77. The summed E-state index contributed by atoms with van der Waals surface area (Å²) >= 11 is 0. The zero-order valence-corrected chi connectivity index (χ0v) is 6.82. The third-order valence-corrected chi connectivity index (χ3v) is 3.18. The van der Waals surface area contributed by atoms with Crippen molar-refractivity contribution in [1.82, 2.24) is 0 Å². The molecule has 2 nitrogen and oxygen atoms in total. The van der Waals surface area contributed by atoms with Gasteiger partial charge in [-0.1, -0.05) is 30.9 Å². The van der Waals surface area contributed by atoms with Crippen molar-refractivity contribution in [1.29, 1.82) is 0 Å². The molecule has 0 aromatic rings. The Hall–Kier alpha value is -0.190. The molecule has 1 saturated carbocycles. The lowest BCUT2D eigenvalue weighted by Crippen LogP contribution is -2.02. The summed E-state index contributed by atoms with van der Waals surface area (Å²) in [7, 11) is -1.65. The van der Waals surface area contributed by atoms with Gasteiger partial charge in [0.1, 0.15) is 0 Å². The predicted molar refractivity (Wildman–Crippen MR) is 38.7 cm³/mol. The van der Waals surface area contributed by atoms with Gasteiger partial charge in [0.05, 0.1) is 0 Å². The fourth-order valence-electron chi connectivity index (χ4n) is 1.25. The van der Waals surface area contributed by atoms with Crippen LogP contribution in [0, 0.1) is 0 Å². The van der Waals surface area contributed by atoms with Crippen LogP contribution in [0.3, 0.4) is 0 Å². The van der Waals surface area contributed by atoms with E-state index in [0.717, 1.165) is 25.7 Å². The normalized spacial score (nSPS) is 23.2. The van der Waals surface area contributed by atoms with Crippen molar-refractivity contribution in [2.45, 2.75) is 37.5 Å². The molecule has 0 aromatic heterocycles. The van der Waals surface area contributed by atoms with E-state index >= 15 is 0 Å². The van der Waals surface area contributed by atoms with Gasteiger partial charge in [-0.2, -0.15) is 19.4 Å². The molecule has 1 rings (SSSR count). The van der Waals surface area contributed by atoms with Crippen LogP contribution in [0.4, 0.5) is 8.78 Å². The number of rotatable bonds is 2. The Bertz CT molecular complexity index is 195. The van der Waals surface area contributed by atoms with E-state index in [2.05, 4.69) is 4.36 Å². The van der Waals surface area contributed by atoms with Crippen LogP contribution < -0.4 is 0 Å². The Morgan fingerprint density at radius 2 is 1.91 bits per heavy atom. The third kappa shape index (κ3) is 2.73. The van der Waals surface area contributed by atoms with Gasteiger partial charge in [0.25, 0.3) is 0 Å². The molecule has 1 aliphatic carbocycles. The van der Waals surface area contributed by atoms with E-state index in [1.165, 1.54) is 0 Å². The number of nitrogens with zero attached hydrogens (tertiary/aromatic N) is 1. The molecule has 0 spiro atoms. The van der Waals surface area contributed by atoms with Crippen molar-refractivity contribution >= 4 is 10.6 Å². The summed E-state index contributed by atoms with van der Waals surface area (Å²) in [5.74, 6) is 0. The highest BCUT2D eigenvalue weighted by Gasteiger charge is 2.09. The highest BCUT2D eigenvalue weighted by Crippen LogP contribution is 2.21. The number of halogens is 2. The molecule has 0 aromatic carbocycles. The molecule has 0 radical (unpaired) electrons. The lowest BCUT2D eigenvalue weighted by molar-refractivity contribution is 0.162. The Balaban J connectivity index is 2.52. The van der Waals surface area contributed by atoms with Crippen LogP contribution in [0.1, 0.15) is 25.7 Å². The fraction of sp³-hybridized carbons (Fsp3) is 1.00. The molecular formula is C6H10F2NOS-. The molecule has 0 unspecified atom stereocenters. The SMILES string of the molecule is O=[S-](=NC(F)F)C1CCCC1. The molecule has 0 heterocycles. The predicted octanol–water partition coefficient (Wildman–Crippen LogP) is 2.30. The summed E-state index contributed by atoms with van der Waals surface area (Å²) < 4.78 is 36.9. The summed E-state index contributed by atoms with van der Waals surface area (Å²) in [6.07, 6.45) is 3.55. The van der Waals surface area contributed by atoms with E-state index in [-0.39, 0.29) is 5.25 Å². The first kappa shape index (κ1) is 8.90. The molecule has 0 atom stereocenters. The summed E-state index contributed by atoms with van der Waals surface area (Å²) in [5, 5.41) is -0.107. The molecule has 0 saturated heterocycles. The minimum Gasteiger partial charge on any atom is -0.444 e. The molecule has 66 valence electrons. The Morgan fingerprint density at radius 3 is 2.36 bits per heavy atom. The van der Waals surface area contributed by atoms with Gasteiger partial charge < -0.3 is 8.57 Å². The molecule has 0 amide bonds. The molecular weight excluding hydrogens is 172 g/mol. The van der Waals surface area contributed by atoms with E-state index in [0.29, 0.717) is 0 Å². The van der Waals surface area contributed by atoms with Crippen LogP contribution in [0.5, 0.6) is 0 Å². The van der Waals surface area contributed by atoms with Crippen molar-refractivity contribution in [2.24, 2.45) is 4.36 Å². The highest BCUT2D eigenvalue weighted by atomic mass is 32.2. The summed E-state index contributed by atoms with van der Waals surface area (Å²) in [4.78, 5) is 0. The second-order valence-corrected chi connectivity index (χ2v) is 4.00. The van der Waals surface area contributed by atoms with Gasteiger partial charge in [-0.3, -0.25) is 0 Å². The minimum atomic E-state index is -2.78.